The second-order valence-corrected chi connectivity index (χ2v) is 12.5. The van der Waals surface area contributed by atoms with E-state index in [1.807, 2.05) is 64.1 Å². The molecule has 0 aliphatic carbocycles. The van der Waals surface area contributed by atoms with Gasteiger partial charge in [0.1, 0.15) is 11.5 Å². The van der Waals surface area contributed by atoms with Crippen molar-refractivity contribution in [2.45, 2.75) is 41.5 Å². The molecule has 2 aliphatic heterocycles. The van der Waals surface area contributed by atoms with Gasteiger partial charge in [0.05, 0.1) is 0 Å². The number of hydrogen-bond donors (Lipinski definition) is 0. The van der Waals surface area contributed by atoms with Crippen molar-refractivity contribution in [2.75, 3.05) is 39.3 Å². The fourth-order valence-electron chi connectivity index (χ4n) is 4.75. The molecule has 2 heterocycles. The largest absolute Gasteiger partial charge is 0.436 e. The van der Waals surface area contributed by atoms with Gasteiger partial charge >= 0.3 is 41.0 Å². The molecule has 0 spiro atoms. The molecule has 2 saturated heterocycles. The predicted molar refractivity (Wildman–Crippen MR) is 163 cm³/mol. The van der Waals surface area contributed by atoms with Gasteiger partial charge in [-0.25, -0.2) is 29.0 Å². The average molecular weight is 617 g/mol. The highest BCUT2D eigenvalue weighted by molar-refractivity contribution is 7.50. The van der Waals surface area contributed by atoms with Gasteiger partial charge in [-0.15, -0.1) is 0 Å². The van der Waals surface area contributed by atoms with Crippen LogP contribution in [0.3, 0.4) is 0 Å². The van der Waals surface area contributed by atoms with E-state index >= 15 is 0 Å². The highest BCUT2D eigenvalue weighted by atomic mass is 31.2. The van der Waals surface area contributed by atoms with Crippen LogP contribution in [0.4, 0.5) is 19.2 Å². The standard InChI is InChI=1S/C28H38N6O6P2/c1-7-29-25(35)31(9-3)41(32(10-4)26(29)36)39-23-19-15-13-17-21(23)22-18-14-16-20-24(22)40-42-33(11-5)27(37)30(8-2)28(38)34(42)12-6/h13-20H,7-12H2,1-6H3. The van der Waals surface area contributed by atoms with E-state index < -0.39 is 16.9 Å². The smallest absolute Gasteiger partial charge is 0.335 e. The summed E-state index contributed by atoms with van der Waals surface area (Å²) < 4.78 is 19.4. The monoisotopic (exact) mass is 616 g/mol. The van der Waals surface area contributed by atoms with Crippen LogP contribution < -0.4 is 9.05 Å². The van der Waals surface area contributed by atoms with E-state index in [-0.39, 0.29) is 37.2 Å². The Hall–Kier alpha value is -3.62. The first-order valence-corrected chi connectivity index (χ1v) is 16.6. The van der Waals surface area contributed by atoms with Crippen molar-refractivity contribution >= 4 is 41.0 Å². The van der Waals surface area contributed by atoms with E-state index in [1.54, 1.807) is 44.7 Å². The third-order valence-electron chi connectivity index (χ3n) is 6.89. The van der Waals surface area contributed by atoms with Gasteiger partial charge in [-0.3, -0.25) is 18.7 Å². The van der Waals surface area contributed by atoms with E-state index in [0.29, 0.717) is 48.8 Å². The number of amides is 8. The number of imide groups is 2. The number of nitrogens with zero attached hydrogens (tertiary/aromatic N) is 6. The molecule has 0 atom stereocenters. The molecule has 2 aliphatic rings. The summed E-state index contributed by atoms with van der Waals surface area (Å²) in [7, 11) is -3.56. The maximum atomic E-state index is 13.2. The molecule has 0 saturated carbocycles. The number of para-hydroxylation sites is 2. The van der Waals surface area contributed by atoms with Crippen LogP contribution in [0.1, 0.15) is 41.5 Å². The molecule has 226 valence electrons. The van der Waals surface area contributed by atoms with Crippen LogP contribution in [0.2, 0.25) is 0 Å². The summed E-state index contributed by atoms with van der Waals surface area (Å²) in [5.74, 6) is 0.949. The molecular formula is C28H38N6O6P2. The lowest BCUT2D eigenvalue weighted by Gasteiger charge is -2.44. The molecule has 2 aromatic rings. The fraction of sp³-hybridized carbons (Fsp3) is 0.429. The highest BCUT2D eigenvalue weighted by Crippen LogP contribution is 2.54. The minimum absolute atomic E-state index is 0.267. The van der Waals surface area contributed by atoms with E-state index in [1.165, 1.54) is 9.80 Å². The molecule has 12 nitrogen and oxygen atoms in total. The Kier molecular flexibility index (Phi) is 10.1. The van der Waals surface area contributed by atoms with Crippen molar-refractivity contribution in [2.24, 2.45) is 0 Å². The van der Waals surface area contributed by atoms with Crippen molar-refractivity contribution in [3.8, 4) is 22.6 Å². The van der Waals surface area contributed by atoms with Crippen molar-refractivity contribution in [3.63, 3.8) is 0 Å². The first-order chi connectivity index (χ1) is 20.3. The minimum Gasteiger partial charge on any atom is -0.436 e. The van der Waals surface area contributed by atoms with Gasteiger partial charge in [0.25, 0.3) is 0 Å². The molecule has 0 unspecified atom stereocenters. The van der Waals surface area contributed by atoms with Crippen molar-refractivity contribution in [1.29, 1.82) is 0 Å². The molecule has 0 bridgehead atoms. The van der Waals surface area contributed by atoms with E-state index in [9.17, 15) is 19.2 Å². The molecular weight excluding hydrogens is 578 g/mol. The summed E-state index contributed by atoms with van der Waals surface area (Å²) in [6, 6.07) is 13.2. The van der Waals surface area contributed by atoms with Crippen molar-refractivity contribution < 1.29 is 28.2 Å². The first-order valence-electron chi connectivity index (χ1n) is 14.2. The van der Waals surface area contributed by atoms with Gasteiger partial charge in [-0.2, -0.15) is 0 Å². The van der Waals surface area contributed by atoms with Crippen LogP contribution in [0.5, 0.6) is 11.5 Å². The zero-order valence-corrected chi connectivity index (χ0v) is 26.7. The normalized spacial score (nSPS) is 17.1. The number of benzene rings is 2. The first kappa shape index (κ1) is 31.3. The molecule has 2 fully saturated rings. The minimum atomic E-state index is -1.78. The maximum Gasteiger partial charge on any atom is 0.335 e. The molecule has 8 amide bonds. The zero-order chi connectivity index (χ0) is 30.6. The van der Waals surface area contributed by atoms with Crippen LogP contribution in [-0.2, 0) is 0 Å². The topological polar surface area (TPSA) is 106 Å². The molecule has 4 rings (SSSR count). The molecule has 14 heteroatoms. The summed E-state index contributed by atoms with van der Waals surface area (Å²) in [5.41, 5.74) is 1.37. The maximum absolute atomic E-state index is 13.2. The Morgan fingerprint density at radius 2 is 0.762 bits per heavy atom. The quantitative estimate of drug-likeness (QED) is 0.252. The van der Waals surface area contributed by atoms with Gasteiger partial charge in [0.15, 0.2) is 0 Å². The Balaban J connectivity index is 1.73. The summed E-state index contributed by atoms with van der Waals surface area (Å²) in [5, 5.41) is 0. The number of rotatable bonds is 11. The van der Waals surface area contributed by atoms with Crippen LogP contribution in [0.25, 0.3) is 11.1 Å². The second kappa shape index (κ2) is 13.6. The highest BCUT2D eigenvalue weighted by Gasteiger charge is 2.47. The van der Waals surface area contributed by atoms with Crippen LogP contribution in [0.15, 0.2) is 48.5 Å². The third-order valence-corrected chi connectivity index (χ3v) is 11.1. The summed E-state index contributed by atoms with van der Waals surface area (Å²) in [6.45, 7) is 13.0. The van der Waals surface area contributed by atoms with Crippen LogP contribution in [-0.4, -0.2) is 91.9 Å². The van der Waals surface area contributed by atoms with Crippen LogP contribution in [0, 0.1) is 0 Å². The summed E-state index contributed by atoms with van der Waals surface area (Å²) in [4.78, 5) is 55.1. The number of urea groups is 4. The lowest BCUT2D eigenvalue weighted by atomic mass is 10.0. The number of hydrogen-bond acceptors (Lipinski definition) is 6. The molecule has 0 N–H and O–H groups in total. The van der Waals surface area contributed by atoms with Gasteiger partial charge in [0, 0.05) is 50.4 Å². The van der Waals surface area contributed by atoms with Gasteiger partial charge < -0.3 is 9.05 Å². The van der Waals surface area contributed by atoms with E-state index in [2.05, 4.69) is 0 Å². The fourth-order valence-corrected chi connectivity index (χ4v) is 8.32. The van der Waals surface area contributed by atoms with Crippen LogP contribution >= 0.6 is 16.9 Å². The van der Waals surface area contributed by atoms with Gasteiger partial charge in [-0.1, -0.05) is 36.4 Å². The van der Waals surface area contributed by atoms with Gasteiger partial charge in [-0.05, 0) is 53.7 Å². The lowest BCUT2D eigenvalue weighted by Crippen LogP contribution is -2.56. The predicted octanol–water partition coefficient (Wildman–Crippen LogP) is 7.00. The SMILES string of the molecule is CCN1C(=O)N(CC)P(Oc2ccccc2-c2ccccc2OP2N(CC)C(=O)N(CC)C(=O)N2CC)N(CC)C1=O. The Bertz CT molecular complexity index is 1180. The molecule has 0 radical (unpaired) electrons. The average Bonchev–Trinajstić information content (AvgIpc) is 2.99. The Morgan fingerprint density at radius 1 is 0.476 bits per heavy atom. The van der Waals surface area contributed by atoms with Crippen molar-refractivity contribution in [3.05, 3.63) is 48.5 Å². The summed E-state index contributed by atoms with van der Waals surface area (Å²) >= 11 is 0. The second-order valence-electron chi connectivity index (χ2n) is 9.16. The molecule has 2 aromatic carbocycles. The van der Waals surface area contributed by atoms with E-state index in [0.717, 1.165) is 0 Å². The lowest BCUT2D eigenvalue weighted by molar-refractivity contribution is 0.148. The van der Waals surface area contributed by atoms with E-state index in [4.69, 9.17) is 9.05 Å². The van der Waals surface area contributed by atoms with Gasteiger partial charge in [0.2, 0.25) is 0 Å². The zero-order valence-electron chi connectivity index (χ0n) is 24.9. The Labute approximate surface area is 249 Å². The number of carbonyl (C=O) groups is 4. The molecule has 42 heavy (non-hydrogen) atoms. The third kappa shape index (κ3) is 5.57. The summed E-state index contributed by atoms with van der Waals surface area (Å²) in [6.07, 6.45) is 0. The Morgan fingerprint density at radius 3 is 1.02 bits per heavy atom. The molecule has 0 aromatic heterocycles. The van der Waals surface area contributed by atoms with Crippen molar-refractivity contribution in [1.82, 2.24) is 28.5 Å². The number of carbonyl (C=O) groups excluding carboxylic acids is 4.